The van der Waals surface area contributed by atoms with E-state index in [1.807, 2.05) is 19.0 Å². The minimum absolute atomic E-state index is 0. The lowest BCUT2D eigenvalue weighted by molar-refractivity contribution is -0.130. The van der Waals surface area contributed by atoms with Crippen molar-refractivity contribution in [3.8, 4) is 0 Å². The number of carbonyl (C=O) groups is 1. The maximum Gasteiger partial charge on any atom is 0.222 e. The molecule has 0 aromatic carbocycles. The molecule has 0 radical (unpaired) electrons. The molecule has 0 bridgehead atoms. The maximum absolute atomic E-state index is 11.8. The standard InChI is InChI=1S/C13H26N2O.ClH/c1-14-10-6-9-13(16)15(2)11-12-7-4-3-5-8-12;/h12,14H,3-11H2,1-2H3;1H. The van der Waals surface area contributed by atoms with Gasteiger partial charge in [0.2, 0.25) is 5.91 Å². The van der Waals surface area contributed by atoms with Gasteiger partial charge in [0, 0.05) is 20.0 Å². The molecule has 0 atom stereocenters. The minimum Gasteiger partial charge on any atom is -0.345 e. The molecule has 0 spiro atoms. The summed E-state index contributed by atoms with van der Waals surface area (Å²) < 4.78 is 0. The Bertz CT molecular complexity index is 206. The number of rotatable bonds is 6. The molecule has 0 aromatic rings. The van der Waals surface area contributed by atoms with E-state index in [1.54, 1.807) is 0 Å². The Labute approximate surface area is 112 Å². The van der Waals surface area contributed by atoms with Crippen LogP contribution >= 0.6 is 12.4 Å². The predicted octanol–water partition coefficient (Wildman–Crippen LogP) is 2.45. The van der Waals surface area contributed by atoms with Gasteiger partial charge in [-0.05, 0) is 38.8 Å². The number of amides is 1. The fourth-order valence-corrected chi connectivity index (χ4v) is 2.47. The van der Waals surface area contributed by atoms with Crippen LogP contribution in [-0.2, 0) is 4.79 Å². The smallest absolute Gasteiger partial charge is 0.222 e. The van der Waals surface area contributed by atoms with Crippen LogP contribution in [0.4, 0.5) is 0 Å². The molecular formula is C13H27ClN2O. The van der Waals surface area contributed by atoms with Gasteiger partial charge in [0.25, 0.3) is 0 Å². The SMILES string of the molecule is CNCCCC(=O)N(C)CC1CCCCC1.Cl. The first-order chi connectivity index (χ1) is 7.74. The van der Waals surface area contributed by atoms with Crippen molar-refractivity contribution in [1.82, 2.24) is 10.2 Å². The number of nitrogens with zero attached hydrogens (tertiary/aromatic N) is 1. The van der Waals surface area contributed by atoms with Crippen LogP contribution in [0.15, 0.2) is 0 Å². The van der Waals surface area contributed by atoms with E-state index in [0.29, 0.717) is 12.3 Å². The molecule has 1 rings (SSSR count). The van der Waals surface area contributed by atoms with Crippen molar-refractivity contribution in [2.24, 2.45) is 5.92 Å². The number of nitrogens with one attached hydrogen (secondary N) is 1. The van der Waals surface area contributed by atoms with Crippen LogP contribution in [0.5, 0.6) is 0 Å². The van der Waals surface area contributed by atoms with Gasteiger partial charge in [-0.2, -0.15) is 0 Å². The average Bonchev–Trinajstić information content (AvgIpc) is 2.30. The number of halogens is 1. The quantitative estimate of drug-likeness (QED) is 0.746. The molecule has 1 N–H and O–H groups in total. The van der Waals surface area contributed by atoms with Crippen molar-refractivity contribution in [2.75, 3.05) is 27.2 Å². The minimum atomic E-state index is 0. The highest BCUT2D eigenvalue weighted by Crippen LogP contribution is 2.24. The summed E-state index contributed by atoms with van der Waals surface area (Å²) >= 11 is 0. The monoisotopic (exact) mass is 262 g/mol. The Morgan fingerprint density at radius 2 is 1.94 bits per heavy atom. The molecular weight excluding hydrogens is 236 g/mol. The topological polar surface area (TPSA) is 32.3 Å². The van der Waals surface area contributed by atoms with Crippen LogP contribution < -0.4 is 5.32 Å². The molecule has 1 aliphatic carbocycles. The van der Waals surface area contributed by atoms with Crippen LogP contribution in [-0.4, -0.2) is 38.0 Å². The molecule has 1 amide bonds. The van der Waals surface area contributed by atoms with Gasteiger partial charge in [0.1, 0.15) is 0 Å². The first-order valence-electron chi connectivity index (χ1n) is 6.62. The van der Waals surface area contributed by atoms with Crippen molar-refractivity contribution >= 4 is 18.3 Å². The third-order valence-corrected chi connectivity index (χ3v) is 3.50. The van der Waals surface area contributed by atoms with E-state index in [1.165, 1.54) is 32.1 Å². The fraction of sp³-hybridized carbons (Fsp3) is 0.923. The van der Waals surface area contributed by atoms with E-state index in [-0.39, 0.29) is 12.4 Å². The zero-order valence-corrected chi connectivity index (χ0v) is 12.0. The summed E-state index contributed by atoms with van der Waals surface area (Å²) in [7, 11) is 3.88. The summed E-state index contributed by atoms with van der Waals surface area (Å²) in [5.41, 5.74) is 0. The number of hydrogen-bond donors (Lipinski definition) is 1. The molecule has 17 heavy (non-hydrogen) atoms. The largest absolute Gasteiger partial charge is 0.345 e. The Morgan fingerprint density at radius 1 is 1.29 bits per heavy atom. The van der Waals surface area contributed by atoms with Crippen LogP contribution in [0.25, 0.3) is 0 Å². The molecule has 4 heteroatoms. The molecule has 0 aromatic heterocycles. The van der Waals surface area contributed by atoms with Gasteiger partial charge in [0.05, 0.1) is 0 Å². The van der Waals surface area contributed by atoms with E-state index in [4.69, 9.17) is 0 Å². The van der Waals surface area contributed by atoms with Crippen LogP contribution in [0.1, 0.15) is 44.9 Å². The third kappa shape index (κ3) is 6.89. The van der Waals surface area contributed by atoms with Crippen LogP contribution in [0, 0.1) is 5.92 Å². The first kappa shape index (κ1) is 16.7. The highest BCUT2D eigenvalue weighted by molar-refractivity contribution is 5.85. The molecule has 1 saturated carbocycles. The molecule has 0 aliphatic heterocycles. The van der Waals surface area contributed by atoms with Crippen LogP contribution in [0.3, 0.4) is 0 Å². The van der Waals surface area contributed by atoms with E-state index >= 15 is 0 Å². The van der Waals surface area contributed by atoms with E-state index < -0.39 is 0 Å². The Hall–Kier alpha value is -0.280. The zero-order chi connectivity index (χ0) is 11.8. The van der Waals surface area contributed by atoms with Crippen molar-refractivity contribution in [1.29, 1.82) is 0 Å². The van der Waals surface area contributed by atoms with Gasteiger partial charge in [-0.1, -0.05) is 19.3 Å². The Morgan fingerprint density at radius 3 is 2.53 bits per heavy atom. The summed E-state index contributed by atoms with van der Waals surface area (Å²) in [5, 5.41) is 3.07. The third-order valence-electron chi connectivity index (χ3n) is 3.50. The Kier molecular flexibility index (Phi) is 9.56. The molecule has 3 nitrogen and oxygen atoms in total. The van der Waals surface area contributed by atoms with Crippen molar-refractivity contribution in [3.63, 3.8) is 0 Å². The van der Waals surface area contributed by atoms with Gasteiger partial charge in [-0.15, -0.1) is 12.4 Å². The summed E-state index contributed by atoms with van der Waals surface area (Å²) in [6.45, 7) is 1.90. The summed E-state index contributed by atoms with van der Waals surface area (Å²) in [6, 6.07) is 0. The maximum atomic E-state index is 11.8. The second-order valence-electron chi connectivity index (χ2n) is 4.99. The van der Waals surface area contributed by atoms with Gasteiger partial charge in [0.15, 0.2) is 0 Å². The average molecular weight is 263 g/mol. The fourth-order valence-electron chi connectivity index (χ4n) is 2.47. The van der Waals surface area contributed by atoms with Crippen molar-refractivity contribution < 1.29 is 4.79 Å². The lowest BCUT2D eigenvalue weighted by atomic mass is 9.89. The molecule has 1 fully saturated rings. The lowest BCUT2D eigenvalue weighted by Crippen LogP contribution is -2.32. The highest BCUT2D eigenvalue weighted by Gasteiger charge is 2.17. The predicted molar refractivity (Wildman–Crippen MR) is 74.6 cm³/mol. The van der Waals surface area contributed by atoms with Crippen LogP contribution in [0.2, 0.25) is 0 Å². The first-order valence-corrected chi connectivity index (χ1v) is 6.62. The summed E-state index contributed by atoms with van der Waals surface area (Å²) in [5.74, 6) is 1.06. The summed E-state index contributed by atoms with van der Waals surface area (Å²) in [6.07, 6.45) is 8.35. The number of carbonyl (C=O) groups excluding carboxylic acids is 1. The molecule has 102 valence electrons. The van der Waals surface area contributed by atoms with E-state index in [9.17, 15) is 4.79 Å². The highest BCUT2D eigenvalue weighted by atomic mass is 35.5. The molecule has 0 saturated heterocycles. The van der Waals surface area contributed by atoms with Crippen molar-refractivity contribution in [2.45, 2.75) is 44.9 Å². The van der Waals surface area contributed by atoms with Crippen molar-refractivity contribution in [3.05, 3.63) is 0 Å². The summed E-state index contributed by atoms with van der Waals surface area (Å²) in [4.78, 5) is 13.7. The van der Waals surface area contributed by atoms with E-state index in [0.717, 1.165) is 25.4 Å². The van der Waals surface area contributed by atoms with E-state index in [2.05, 4.69) is 5.32 Å². The second kappa shape index (κ2) is 9.72. The molecule has 1 aliphatic rings. The van der Waals surface area contributed by atoms with Gasteiger partial charge in [-0.3, -0.25) is 4.79 Å². The normalized spacial score (nSPS) is 16.4. The van der Waals surface area contributed by atoms with Gasteiger partial charge >= 0.3 is 0 Å². The van der Waals surface area contributed by atoms with Gasteiger partial charge in [-0.25, -0.2) is 0 Å². The second-order valence-corrected chi connectivity index (χ2v) is 4.99. The number of hydrogen-bond acceptors (Lipinski definition) is 2. The molecule has 0 heterocycles. The molecule has 0 unspecified atom stereocenters. The lowest BCUT2D eigenvalue weighted by Gasteiger charge is -2.27. The van der Waals surface area contributed by atoms with Gasteiger partial charge < -0.3 is 10.2 Å². The Balaban J connectivity index is 0.00000256. The zero-order valence-electron chi connectivity index (χ0n) is 11.2.